The third-order valence-corrected chi connectivity index (χ3v) is 2.85. The highest BCUT2D eigenvalue weighted by molar-refractivity contribution is 7.80. The molecule has 1 aromatic carbocycles. The first-order valence-electron chi connectivity index (χ1n) is 6.35. The highest BCUT2D eigenvalue weighted by Crippen LogP contribution is 2.26. The van der Waals surface area contributed by atoms with Crippen LogP contribution in [0.15, 0.2) is 18.2 Å². The maximum Gasteiger partial charge on any atom is 0.229 e. The molecule has 0 aromatic heterocycles. The molecule has 1 unspecified atom stereocenters. The van der Waals surface area contributed by atoms with Crippen LogP contribution in [-0.4, -0.2) is 32.9 Å². The van der Waals surface area contributed by atoms with Gasteiger partial charge in [0, 0.05) is 34.3 Å². The van der Waals surface area contributed by atoms with Crippen molar-refractivity contribution in [1.29, 1.82) is 0 Å². The van der Waals surface area contributed by atoms with E-state index in [1.165, 1.54) is 18.2 Å². The average Bonchev–Trinajstić information content (AvgIpc) is 2.35. The van der Waals surface area contributed by atoms with E-state index in [9.17, 15) is 18.9 Å². The summed E-state index contributed by atoms with van der Waals surface area (Å²) in [6, 6.07) is 4.77. The Morgan fingerprint density at radius 2 is 2.14 bits per heavy atom. The van der Waals surface area contributed by atoms with Gasteiger partial charge < -0.3 is 19.3 Å². The van der Waals surface area contributed by atoms with Crippen molar-refractivity contribution in [2.75, 3.05) is 17.9 Å². The minimum Gasteiger partial charge on any atom is -0.755 e. The molecule has 8 nitrogen and oxygen atoms in total. The topological polar surface area (TPSA) is 117 Å². The molecule has 0 bridgehead atoms. The molecule has 9 heteroatoms. The second-order valence-electron chi connectivity index (χ2n) is 4.62. The summed E-state index contributed by atoms with van der Waals surface area (Å²) in [5.41, 5.74) is 0.577. The molecule has 0 fully saturated rings. The van der Waals surface area contributed by atoms with E-state index in [0.29, 0.717) is 30.5 Å². The molecule has 2 N–H and O–H groups in total. The van der Waals surface area contributed by atoms with Crippen LogP contribution < -0.4 is 14.8 Å². The van der Waals surface area contributed by atoms with Gasteiger partial charge in [-0.1, -0.05) is 13.8 Å². The standard InChI is InChI=1S/C12H19N3O5S/c1-9(2)13-5-6-20-12-4-3-10(8-15(16)17)7-11(12)14-21(18)19/h3-4,7,9,13-14H,5-6,8H2,1-2H3,(H,18,19)/p-1. The fraction of sp³-hybridized carbons (Fsp3) is 0.500. The minimum atomic E-state index is -2.53. The van der Waals surface area contributed by atoms with E-state index in [-0.39, 0.29) is 12.2 Å². The molecule has 0 saturated carbocycles. The third-order valence-electron chi connectivity index (χ3n) is 2.46. The molecule has 118 valence electrons. The second kappa shape index (κ2) is 8.55. The van der Waals surface area contributed by atoms with E-state index in [1.54, 1.807) is 0 Å². The Morgan fingerprint density at radius 1 is 1.43 bits per heavy atom. The average molecular weight is 316 g/mol. The van der Waals surface area contributed by atoms with Gasteiger partial charge in [-0.3, -0.25) is 14.3 Å². The summed E-state index contributed by atoms with van der Waals surface area (Å²) in [5.74, 6) is 0.330. The van der Waals surface area contributed by atoms with Crippen molar-refractivity contribution in [3.05, 3.63) is 33.9 Å². The zero-order chi connectivity index (χ0) is 15.8. The highest BCUT2D eigenvalue weighted by Gasteiger charge is 2.09. The number of hydrogen-bond donors (Lipinski definition) is 2. The third kappa shape index (κ3) is 7.02. The summed E-state index contributed by atoms with van der Waals surface area (Å²) in [4.78, 5) is 10.00. The molecule has 0 heterocycles. The summed E-state index contributed by atoms with van der Waals surface area (Å²) in [6.07, 6.45) is 0. The van der Waals surface area contributed by atoms with Gasteiger partial charge in [0.05, 0.1) is 5.69 Å². The Labute approximate surface area is 125 Å². The molecule has 1 rings (SSSR count). The smallest absolute Gasteiger partial charge is 0.229 e. The van der Waals surface area contributed by atoms with Gasteiger partial charge in [0.2, 0.25) is 6.54 Å². The summed E-state index contributed by atoms with van der Waals surface area (Å²) in [5, 5.41) is 13.6. The van der Waals surface area contributed by atoms with Gasteiger partial charge in [-0.25, -0.2) is 0 Å². The number of benzene rings is 1. The van der Waals surface area contributed by atoms with Crippen LogP contribution in [0.5, 0.6) is 5.75 Å². The van der Waals surface area contributed by atoms with Gasteiger partial charge >= 0.3 is 0 Å². The van der Waals surface area contributed by atoms with Crippen molar-refractivity contribution < 1.29 is 18.4 Å². The first-order chi connectivity index (χ1) is 9.88. The summed E-state index contributed by atoms with van der Waals surface area (Å²) in [6.45, 7) is 4.58. The van der Waals surface area contributed by atoms with Gasteiger partial charge in [0.1, 0.15) is 12.4 Å². The molecule has 1 atom stereocenters. The van der Waals surface area contributed by atoms with Crippen LogP contribution >= 0.6 is 0 Å². The minimum absolute atomic E-state index is 0.187. The molecular formula is C12H18N3O5S-. The van der Waals surface area contributed by atoms with Crippen LogP contribution in [0.2, 0.25) is 0 Å². The SMILES string of the molecule is CC(C)NCCOc1ccc(C[N+](=O)[O-])cc1NS(=O)[O-]. The number of nitrogens with zero attached hydrogens (tertiary/aromatic N) is 1. The Balaban J connectivity index is 2.76. The number of hydrogen-bond acceptors (Lipinski definition) is 6. The van der Waals surface area contributed by atoms with E-state index in [4.69, 9.17) is 4.74 Å². The lowest BCUT2D eigenvalue weighted by Crippen LogP contribution is -2.27. The van der Waals surface area contributed by atoms with Gasteiger partial charge in [-0.15, -0.1) is 0 Å². The Kier molecular flexibility index (Phi) is 7.06. The van der Waals surface area contributed by atoms with Crippen LogP contribution in [-0.2, 0) is 17.8 Å². The van der Waals surface area contributed by atoms with Crippen molar-refractivity contribution in [1.82, 2.24) is 5.32 Å². The largest absolute Gasteiger partial charge is 0.755 e. The molecule has 0 aliphatic heterocycles. The fourth-order valence-corrected chi connectivity index (χ4v) is 1.97. The van der Waals surface area contributed by atoms with E-state index >= 15 is 0 Å². The van der Waals surface area contributed by atoms with Gasteiger partial charge in [0.15, 0.2) is 0 Å². The van der Waals surface area contributed by atoms with Crippen molar-refractivity contribution >= 4 is 17.0 Å². The molecular weight excluding hydrogens is 298 g/mol. The summed E-state index contributed by atoms with van der Waals surface area (Å²) >= 11 is -2.53. The molecule has 0 aliphatic rings. The Bertz CT molecular complexity index is 510. The quantitative estimate of drug-likeness (QED) is 0.304. The van der Waals surface area contributed by atoms with E-state index in [1.807, 2.05) is 13.8 Å². The van der Waals surface area contributed by atoms with Gasteiger partial charge in [-0.2, -0.15) is 0 Å². The maximum absolute atomic E-state index is 10.8. The number of anilines is 1. The van der Waals surface area contributed by atoms with Crippen molar-refractivity contribution in [2.24, 2.45) is 0 Å². The molecule has 0 saturated heterocycles. The van der Waals surface area contributed by atoms with Crippen LogP contribution in [0.3, 0.4) is 0 Å². The Hall–Kier alpha value is -1.71. The predicted molar refractivity (Wildman–Crippen MR) is 78.3 cm³/mol. The number of rotatable bonds is 9. The van der Waals surface area contributed by atoms with E-state index in [0.717, 1.165) is 0 Å². The van der Waals surface area contributed by atoms with Crippen molar-refractivity contribution in [3.8, 4) is 5.75 Å². The van der Waals surface area contributed by atoms with Crippen molar-refractivity contribution in [2.45, 2.75) is 26.4 Å². The lowest BCUT2D eigenvalue weighted by atomic mass is 10.2. The Morgan fingerprint density at radius 3 is 2.71 bits per heavy atom. The molecule has 0 aliphatic carbocycles. The molecule has 0 radical (unpaired) electrons. The lowest BCUT2D eigenvalue weighted by molar-refractivity contribution is -0.496. The predicted octanol–water partition coefficient (Wildman–Crippen LogP) is 1.05. The van der Waals surface area contributed by atoms with Crippen LogP contribution in [0.1, 0.15) is 19.4 Å². The molecule has 0 amide bonds. The van der Waals surface area contributed by atoms with Crippen LogP contribution in [0.25, 0.3) is 0 Å². The number of nitrogens with one attached hydrogen (secondary N) is 2. The number of ether oxygens (including phenoxy) is 1. The highest BCUT2D eigenvalue weighted by atomic mass is 32.2. The molecule has 0 spiro atoms. The van der Waals surface area contributed by atoms with E-state index in [2.05, 4.69) is 10.0 Å². The van der Waals surface area contributed by atoms with Crippen LogP contribution in [0, 0.1) is 10.1 Å². The number of nitro groups is 1. The van der Waals surface area contributed by atoms with E-state index < -0.39 is 16.2 Å². The second-order valence-corrected chi connectivity index (χ2v) is 5.29. The van der Waals surface area contributed by atoms with Crippen LogP contribution in [0.4, 0.5) is 5.69 Å². The van der Waals surface area contributed by atoms with Crippen molar-refractivity contribution in [3.63, 3.8) is 0 Å². The normalized spacial score (nSPS) is 12.2. The summed E-state index contributed by atoms with van der Waals surface area (Å²) in [7, 11) is 0. The molecule has 1 aromatic rings. The monoisotopic (exact) mass is 316 g/mol. The zero-order valence-electron chi connectivity index (χ0n) is 11.8. The first-order valence-corrected chi connectivity index (χ1v) is 7.43. The lowest BCUT2D eigenvalue weighted by Gasteiger charge is -2.16. The van der Waals surface area contributed by atoms with Gasteiger partial charge in [-0.05, 0) is 18.2 Å². The first kappa shape index (κ1) is 17.3. The maximum atomic E-state index is 10.8. The molecule has 21 heavy (non-hydrogen) atoms. The fourth-order valence-electron chi connectivity index (χ4n) is 1.63. The van der Waals surface area contributed by atoms with Gasteiger partial charge in [0.25, 0.3) is 0 Å². The zero-order valence-corrected chi connectivity index (χ0v) is 12.6. The summed E-state index contributed by atoms with van der Waals surface area (Å²) < 4.78 is 29.2.